The highest BCUT2D eigenvalue weighted by atomic mass is 32.2. The Kier molecular flexibility index (Phi) is 20.9. The van der Waals surface area contributed by atoms with Crippen LogP contribution in [-0.2, 0) is 9.59 Å². The first-order valence-corrected chi connectivity index (χ1v) is 27.8. The molecular weight excluding hydrogens is 909 g/mol. The van der Waals surface area contributed by atoms with E-state index in [4.69, 9.17) is 28.3 Å². The van der Waals surface area contributed by atoms with E-state index in [1.807, 2.05) is 72.8 Å². The van der Waals surface area contributed by atoms with E-state index in [1.54, 1.807) is 13.8 Å². The molecule has 0 unspecified atom stereocenters. The Hall–Kier alpha value is -5.32. The zero-order chi connectivity index (χ0) is 48.9. The fraction of sp³-hybridized carbons (Fsp3) is 0.433. The summed E-state index contributed by atoms with van der Waals surface area (Å²) in [5.41, 5.74) is 7.26. The van der Waals surface area contributed by atoms with Crippen LogP contribution in [0.5, 0.6) is 11.5 Å². The summed E-state index contributed by atoms with van der Waals surface area (Å²) in [5.74, 6) is 2.50. The molecule has 0 radical (unpaired) electrons. The molecule has 0 amide bonds. The maximum absolute atomic E-state index is 11.9. The zero-order valence-electron chi connectivity index (χ0n) is 42.0. The topological polar surface area (TPSA) is 105 Å². The molecule has 8 nitrogen and oxygen atoms in total. The van der Waals surface area contributed by atoms with Crippen LogP contribution in [0.15, 0.2) is 116 Å². The van der Waals surface area contributed by atoms with Crippen LogP contribution in [0.3, 0.4) is 0 Å². The highest BCUT2D eigenvalue weighted by Crippen LogP contribution is 2.47. The van der Waals surface area contributed by atoms with Gasteiger partial charge in [-0.2, -0.15) is 0 Å². The van der Waals surface area contributed by atoms with Gasteiger partial charge in [-0.25, -0.2) is 9.97 Å². The van der Waals surface area contributed by atoms with Crippen LogP contribution in [0.4, 0.5) is 0 Å². The summed E-state index contributed by atoms with van der Waals surface area (Å²) in [6.45, 7) is 9.01. The predicted octanol–water partition coefficient (Wildman–Crippen LogP) is 18.5. The molecule has 2 aromatic heterocycles. The van der Waals surface area contributed by atoms with Gasteiger partial charge >= 0.3 is 0 Å². The molecule has 5 aromatic carbocycles. The van der Waals surface area contributed by atoms with Gasteiger partial charge in [0, 0.05) is 34.8 Å². The number of rotatable bonds is 30. The van der Waals surface area contributed by atoms with Gasteiger partial charge in [-0.1, -0.05) is 177 Å². The van der Waals surface area contributed by atoms with Crippen LogP contribution in [0, 0.1) is 0 Å². The zero-order valence-corrected chi connectivity index (χ0v) is 43.6. The SMILES string of the molecule is CCCCCCCCCCCCOc1ccc(-c2c3nc(-c4ccc(SC(C)=O)cc4)oc3c(-c3ccc(OCCCCCCCCCCCC)cc3)c3nc(-c4ccc(SC(C)=O)cc4)oc23)cc1. The maximum atomic E-state index is 11.9. The largest absolute Gasteiger partial charge is 0.494 e. The quantitative estimate of drug-likeness (QED) is 0.0319. The predicted molar refractivity (Wildman–Crippen MR) is 291 cm³/mol. The molecule has 0 saturated carbocycles. The highest BCUT2D eigenvalue weighted by molar-refractivity contribution is 8.13. The number of aromatic nitrogens is 2. The van der Waals surface area contributed by atoms with Crippen LogP contribution < -0.4 is 9.47 Å². The molecule has 0 N–H and O–H groups in total. The van der Waals surface area contributed by atoms with Crippen molar-refractivity contribution in [2.24, 2.45) is 0 Å². The summed E-state index contributed by atoms with van der Waals surface area (Å²) in [7, 11) is 0. The van der Waals surface area contributed by atoms with E-state index in [2.05, 4.69) is 38.1 Å². The van der Waals surface area contributed by atoms with E-state index in [9.17, 15) is 9.59 Å². The number of hydrogen-bond acceptors (Lipinski definition) is 10. The number of nitrogens with zero attached hydrogens (tertiary/aromatic N) is 2. The Morgan fingerprint density at radius 1 is 0.414 bits per heavy atom. The Labute approximate surface area is 424 Å². The molecule has 0 atom stereocenters. The Morgan fingerprint density at radius 3 is 1.03 bits per heavy atom. The molecule has 7 aromatic rings. The molecule has 0 aliphatic rings. The molecule has 0 bridgehead atoms. The number of hydrogen-bond donors (Lipinski definition) is 0. The van der Waals surface area contributed by atoms with E-state index in [0.717, 1.165) is 67.5 Å². The minimum Gasteiger partial charge on any atom is -0.494 e. The fourth-order valence-electron chi connectivity index (χ4n) is 8.97. The van der Waals surface area contributed by atoms with Gasteiger partial charge in [0.1, 0.15) is 22.5 Å². The summed E-state index contributed by atoms with van der Waals surface area (Å²) < 4.78 is 26.2. The summed E-state index contributed by atoms with van der Waals surface area (Å²) in [6, 6.07) is 31.7. The van der Waals surface area contributed by atoms with Gasteiger partial charge in [0.05, 0.1) is 24.3 Å². The lowest BCUT2D eigenvalue weighted by atomic mass is 9.96. The number of oxazole rings is 2. The summed E-state index contributed by atoms with van der Waals surface area (Å²) in [5, 5.41) is 0.0457. The van der Waals surface area contributed by atoms with Crippen molar-refractivity contribution in [3.8, 4) is 56.7 Å². The van der Waals surface area contributed by atoms with Crippen molar-refractivity contribution >= 4 is 56.0 Å². The first-order valence-electron chi connectivity index (χ1n) is 26.1. The number of ether oxygens (including phenoxy) is 2. The van der Waals surface area contributed by atoms with Crippen LogP contribution in [0.25, 0.3) is 67.4 Å². The summed E-state index contributed by atoms with van der Waals surface area (Å²) in [4.78, 5) is 36.0. The number of fused-ring (bicyclic) bond motifs is 2. The third-order valence-corrected chi connectivity index (χ3v) is 14.3. The van der Waals surface area contributed by atoms with E-state index in [1.165, 1.54) is 139 Å². The molecule has 0 spiro atoms. The molecule has 70 heavy (non-hydrogen) atoms. The molecule has 0 saturated heterocycles. The van der Waals surface area contributed by atoms with Gasteiger partial charge in [-0.15, -0.1) is 0 Å². The molecule has 0 aliphatic heterocycles. The minimum absolute atomic E-state index is 0.0228. The lowest BCUT2D eigenvalue weighted by molar-refractivity contribution is -0.109. The minimum atomic E-state index is 0.0228. The smallest absolute Gasteiger partial charge is 0.227 e. The van der Waals surface area contributed by atoms with E-state index in [-0.39, 0.29) is 10.2 Å². The number of benzene rings is 5. The van der Waals surface area contributed by atoms with Gasteiger partial charge in [-0.3, -0.25) is 9.59 Å². The van der Waals surface area contributed by atoms with Crippen molar-refractivity contribution < 1.29 is 27.9 Å². The molecule has 0 fully saturated rings. The van der Waals surface area contributed by atoms with E-state index < -0.39 is 0 Å². The number of thioether (sulfide) groups is 2. The van der Waals surface area contributed by atoms with E-state index in [0.29, 0.717) is 47.2 Å². The number of carbonyl (C=O) groups excluding carboxylic acids is 2. The molecule has 2 heterocycles. The van der Waals surface area contributed by atoms with Gasteiger partial charge in [0.2, 0.25) is 11.8 Å². The third kappa shape index (κ3) is 15.3. The Bertz CT molecular complexity index is 2450. The van der Waals surface area contributed by atoms with Gasteiger partial charge in [0.25, 0.3) is 0 Å². The molecular formula is C60H72N2O6S2. The molecule has 0 aliphatic carbocycles. The van der Waals surface area contributed by atoms with Crippen molar-refractivity contribution in [2.45, 2.75) is 166 Å². The van der Waals surface area contributed by atoms with Gasteiger partial charge in [-0.05, 0) is 96.8 Å². The average Bonchev–Trinajstić information content (AvgIpc) is 4.00. The molecule has 370 valence electrons. The second-order valence-electron chi connectivity index (χ2n) is 18.5. The monoisotopic (exact) mass is 980 g/mol. The van der Waals surface area contributed by atoms with Crippen LogP contribution in [-0.4, -0.2) is 33.4 Å². The fourth-order valence-corrected chi connectivity index (χ4v) is 10.2. The Morgan fingerprint density at radius 2 is 0.714 bits per heavy atom. The number of carbonyl (C=O) groups is 2. The van der Waals surface area contributed by atoms with Gasteiger partial charge in [0.15, 0.2) is 21.4 Å². The first-order chi connectivity index (χ1) is 34.3. The highest BCUT2D eigenvalue weighted by Gasteiger charge is 2.27. The molecule has 10 heteroatoms. The van der Waals surface area contributed by atoms with Crippen molar-refractivity contribution in [3.05, 3.63) is 97.1 Å². The summed E-state index contributed by atoms with van der Waals surface area (Å²) in [6.07, 6.45) is 25.6. The van der Waals surface area contributed by atoms with Crippen LogP contribution in [0.1, 0.15) is 156 Å². The van der Waals surface area contributed by atoms with Crippen molar-refractivity contribution in [1.29, 1.82) is 0 Å². The van der Waals surface area contributed by atoms with Crippen molar-refractivity contribution in [1.82, 2.24) is 9.97 Å². The normalized spacial score (nSPS) is 11.5. The lowest BCUT2D eigenvalue weighted by Gasteiger charge is -2.11. The molecule has 7 rings (SSSR count). The van der Waals surface area contributed by atoms with Crippen LogP contribution in [0.2, 0.25) is 0 Å². The lowest BCUT2D eigenvalue weighted by Crippen LogP contribution is -1.97. The second kappa shape index (κ2) is 27.9. The summed E-state index contributed by atoms with van der Waals surface area (Å²) >= 11 is 2.38. The Balaban J connectivity index is 1.18. The average molecular weight is 981 g/mol. The van der Waals surface area contributed by atoms with Gasteiger partial charge < -0.3 is 18.3 Å². The second-order valence-corrected chi connectivity index (χ2v) is 21.0. The standard InChI is InChI=1S/C60H72N2O6S2/c1-5-7-9-11-13-15-17-19-21-23-41-65-49-33-25-45(26-34-49)53-55-58(68-59(61-55)47-29-37-51(38-30-47)69-43(3)63)54(56-57(53)67-60(62-56)48-31-39-52(40-32-48)70-44(4)64)46-27-35-50(36-28-46)66-42-24-22-20-18-16-14-12-10-8-6-2/h25-40H,5-24,41-42H2,1-4H3. The van der Waals surface area contributed by atoms with E-state index >= 15 is 0 Å². The third-order valence-electron chi connectivity index (χ3n) is 12.7. The maximum Gasteiger partial charge on any atom is 0.227 e. The van der Waals surface area contributed by atoms with Crippen molar-refractivity contribution in [3.63, 3.8) is 0 Å². The van der Waals surface area contributed by atoms with Crippen LogP contribution >= 0.6 is 23.5 Å². The first kappa shape index (κ1) is 52.5. The number of unbranched alkanes of at least 4 members (excludes halogenated alkanes) is 18. The van der Waals surface area contributed by atoms with Crippen molar-refractivity contribution in [2.75, 3.05) is 13.2 Å².